The first kappa shape index (κ1) is 13.8. The molecule has 2 rings (SSSR count). The second-order valence-corrected chi connectivity index (χ2v) is 4.96. The molecule has 0 spiro atoms. The minimum Gasteiger partial charge on any atom is -0.394 e. The summed E-state index contributed by atoms with van der Waals surface area (Å²) in [4.78, 5) is 12.3. The zero-order valence-electron chi connectivity index (χ0n) is 11.0. The molecule has 5 heteroatoms. The first-order chi connectivity index (χ1) is 9.15. The fraction of sp³-hybridized carbons (Fsp3) is 0.500. The van der Waals surface area contributed by atoms with Crippen LogP contribution in [0, 0.1) is 0 Å². The van der Waals surface area contributed by atoms with Crippen LogP contribution in [0.1, 0.15) is 24.8 Å². The third kappa shape index (κ3) is 2.57. The zero-order chi connectivity index (χ0) is 13.9. The quantitative estimate of drug-likeness (QED) is 0.622. The van der Waals surface area contributed by atoms with Crippen molar-refractivity contribution in [2.45, 2.75) is 24.8 Å². The molecule has 0 saturated heterocycles. The zero-order valence-corrected chi connectivity index (χ0v) is 11.0. The number of aliphatic hydroxyl groups excluding tert-OH is 2. The molecule has 1 amide bonds. The summed E-state index contributed by atoms with van der Waals surface area (Å²) in [5.41, 5.74) is 0.993. The van der Waals surface area contributed by atoms with Crippen LogP contribution >= 0.6 is 0 Å². The molecule has 1 aromatic carbocycles. The molecule has 0 saturated carbocycles. The molecule has 0 fully saturated rings. The van der Waals surface area contributed by atoms with Gasteiger partial charge in [0.2, 0.25) is 5.91 Å². The fourth-order valence-corrected chi connectivity index (χ4v) is 2.31. The molecule has 4 N–H and O–H groups in total. The van der Waals surface area contributed by atoms with E-state index in [-0.39, 0.29) is 25.0 Å². The van der Waals surface area contributed by atoms with Crippen LogP contribution < -0.4 is 10.6 Å². The largest absolute Gasteiger partial charge is 0.394 e. The summed E-state index contributed by atoms with van der Waals surface area (Å²) in [6, 6.07) is 7.68. The Morgan fingerprint density at radius 2 is 2.11 bits per heavy atom. The van der Waals surface area contributed by atoms with Crippen molar-refractivity contribution in [3.63, 3.8) is 0 Å². The lowest BCUT2D eigenvalue weighted by molar-refractivity contribution is -0.125. The number of anilines is 1. The number of aliphatic hydroxyl groups is 2. The van der Waals surface area contributed by atoms with E-state index in [9.17, 15) is 15.0 Å². The minimum atomic E-state index is -0.936. The monoisotopic (exact) mass is 264 g/mol. The molecule has 0 radical (unpaired) electrons. The van der Waals surface area contributed by atoms with Crippen LogP contribution in [0.25, 0.3) is 0 Å². The smallest absolute Gasteiger partial charge is 0.230 e. The van der Waals surface area contributed by atoms with Crippen molar-refractivity contribution in [1.82, 2.24) is 5.32 Å². The van der Waals surface area contributed by atoms with Crippen LogP contribution in [0.3, 0.4) is 0 Å². The maximum Gasteiger partial charge on any atom is 0.230 e. The number of hydrogen-bond donors (Lipinski definition) is 4. The van der Waals surface area contributed by atoms with Crippen molar-refractivity contribution in [2.75, 3.05) is 25.1 Å². The van der Waals surface area contributed by atoms with Crippen LogP contribution in [-0.4, -0.2) is 41.4 Å². The predicted molar refractivity (Wildman–Crippen MR) is 73.0 cm³/mol. The highest BCUT2D eigenvalue weighted by molar-refractivity contribution is 5.88. The van der Waals surface area contributed by atoms with E-state index in [1.807, 2.05) is 31.2 Å². The van der Waals surface area contributed by atoms with Gasteiger partial charge in [-0.15, -0.1) is 0 Å². The van der Waals surface area contributed by atoms with Gasteiger partial charge in [0.1, 0.15) is 0 Å². The summed E-state index contributed by atoms with van der Waals surface area (Å²) in [6.45, 7) is 1.83. The van der Waals surface area contributed by atoms with Gasteiger partial charge in [0.05, 0.1) is 24.7 Å². The van der Waals surface area contributed by atoms with E-state index in [1.54, 1.807) is 0 Å². The maximum atomic E-state index is 12.3. The number of fused-ring (bicyclic) bond motifs is 1. The Bertz CT molecular complexity index is 449. The second-order valence-electron chi connectivity index (χ2n) is 4.96. The summed E-state index contributed by atoms with van der Waals surface area (Å²) < 4.78 is 0. The number of hydrogen-bond acceptors (Lipinski definition) is 4. The van der Waals surface area contributed by atoms with Crippen molar-refractivity contribution < 1.29 is 15.0 Å². The standard InChI is InChI=1S/C14H20N2O3/c1-2-14(8-17,9-18)16-13(19)11-7-15-12-6-4-3-5-10(11)12/h3-6,11,15,17-18H,2,7-9H2,1H3,(H,16,19). The van der Waals surface area contributed by atoms with E-state index in [2.05, 4.69) is 10.6 Å². The molecule has 5 nitrogen and oxygen atoms in total. The van der Waals surface area contributed by atoms with Crippen molar-refractivity contribution in [1.29, 1.82) is 0 Å². The lowest BCUT2D eigenvalue weighted by atomic mass is 9.95. The number of benzene rings is 1. The number of amides is 1. The van der Waals surface area contributed by atoms with Gasteiger partial charge in [0.15, 0.2) is 0 Å². The van der Waals surface area contributed by atoms with Crippen molar-refractivity contribution in [3.05, 3.63) is 29.8 Å². The highest BCUT2D eigenvalue weighted by Gasteiger charge is 2.34. The van der Waals surface area contributed by atoms with E-state index in [0.29, 0.717) is 13.0 Å². The molecule has 1 unspecified atom stereocenters. The lowest BCUT2D eigenvalue weighted by Gasteiger charge is -2.31. The third-order valence-electron chi connectivity index (χ3n) is 3.82. The van der Waals surface area contributed by atoms with Gasteiger partial charge in [-0.25, -0.2) is 0 Å². The molecular formula is C14H20N2O3. The normalized spacial score (nSPS) is 17.7. The molecule has 1 aliphatic heterocycles. The van der Waals surface area contributed by atoms with Gasteiger partial charge in [-0.2, -0.15) is 0 Å². The van der Waals surface area contributed by atoms with Crippen LogP contribution in [0.2, 0.25) is 0 Å². The highest BCUT2D eigenvalue weighted by Crippen LogP contribution is 2.31. The van der Waals surface area contributed by atoms with Gasteiger partial charge in [-0.05, 0) is 18.1 Å². The SMILES string of the molecule is CCC(CO)(CO)NC(=O)C1CNc2ccccc21. The molecule has 1 aromatic rings. The molecule has 104 valence electrons. The average Bonchev–Trinajstić information content (AvgIpc) is 2.89. The number of para-hydroxylation sites is 1. The minimum absolute atomic E-state index is 0.164. The van der Waals surface area contributed by atoms with Crippen molar-refractivity contribution >= 4 is 11.6 Å². The van der Waals surface area contributed by atoms with Gasteiger partial charge >= 0.3 is 0 Å². The van der Waals surface area contributed by atoms with Crippen LogP contribution in [-0.2, 0) is 4.79 Å². The molecule has 1 heterocycles. The van der Waals surface area contributed by atoms with Crippen LogP contribution in [0.15, 0.2) is 24.3 Å². The summed E-state index contributed by atoms with van der Waals surface area (Å²) in [6.07, 6.45) is 0.480. The average molecular weight is 264 g/mol. The van der Waals surface area contributed by atoms with E-state index in [1.165, 1.54) is 0 Å². The van der Waals surface area contributed by atoms with Gasteiger partial charge in [0, 0.05) is 12.2 Å². The van der Waals surface area contributed by atoms with E-state index >= 15 is 0 Å². The molecular weight excluding hydrogens is 244 g/mol. The van der Waals surface area contributed by atoms with Gasteiger partial charge in [-0.3, -0.25) is 4.79 Å². The van der Waals surface area contributed by atoms with Crippen LogP contribution in [0.4, 0.5) is 5.69 Å². The van der Waals surface area contributed by atoms with E-state index in [0.717, 1.165) is 11.3 Å². The number of rotatable bonds is 5. The Balaban J connectivity index is 2.14. The second kappa shape index (κ2) is 5.59. The fourth-order valence-electron chi connectivity index (χ4n) is 2.31. The molecule has 1 aliphatic rings. The van der Waals surface area contributed by atoms with E-state index < -0.39 is 5.54 Å². The Morgan fingerprint density at radius 1 is 1.42 bits per heavy atom. The first-order valence-electron chi connectivity index (χ1n) is 6.52. The van der Waals surface area contributed by atoms with Crippen LogP contribution in [0.5, 0.6) is 0 Å². The summed E-state index contributed by atoms with van der Waals surface area (Å²) in [5, 5.41) is 24.7. The Hall–Kier alpha value is -1.59. The Morgan fingerprint density at radius 3 is 2.74 bits per heavy atom. The number of carbonyl (C=O) groups is 1. The predicted octanol–water partition coefficient (Wildman–Crippen LogP) is 0.445. The molecule has 1 atom stereocenters. The van der Waals surface area contributed by atoms with E-state index in [4.69, 9.17) is 0 Å². The molecule has 0 aromatic heterocycles. The van der Waals surface area contributed by atoms with Gasteiger partial charge in [-0.1, -0.05) is 25.1 Å². The first-order valence-corrected chi connectivity index (χ1v) is 6.52. The summed E-state index contributed by atoms with van der Waals surface area (Å²) >= 11 is 0. The topological polar surface area (TPSA) is 81.6 Å². The Labute approximate surface area is 112 Å². The number of carbonyl (C=O) groups excluding carboxylic acids is 1. The highest BCUT2D eigenvalue weighted by atomic mass is 16.3. The summed E-state index contributed by atoms with van der Waals surface area (Å²) in [7, 11) is 0. The van der Waals surface area contributed by atoms with Gasteiger partial charge in [0.25, 0.3) is 0 Å². The third-order valence-corrected chi connectivity index (χ3v) is 3.82. The van der Waals surface area contributed by atoms with Crippen molar-refractivity contribution in [3.8, 4) is 0 Å². The maximum absolute atomic E-state index is 12.3. The lowest BCUT2D eigenvalue weighted by Crippen LogP contribution is -2.55. The summed E-state index contributed by atoms with van der Waals surface area (Å²) in [5.74, 6) is -0.442. The molecule has 0 aliphatic carbocycles. The number of nitrogens with one attached hydrogen (secondary N) is 2. The molecule has 19 heavy (non-hydrogen) atoms. The van der Waals surface area contributed by atoms with Crippen molar-refractivity contribution in [2.24, 2.45) is 0 Å². The Kier molecular flexibility index (Phi) is 4.07. The molecule has 0 bridgehead atoms. The van der Waals surface area contributed by atoms with Gasteiger partial charge < -0.3 is 20.8 Å².